The summed E-state index contributed by atoms with van der Waals surface area (Å²) in [5.41, 5.74) is 8.22. The first-order valence-electron chi connectivity index (χ1n) is 13.0. The molecule has 1 heteroatoms. The standard InChI is InChI=1S/C31H31N.2C2H6/c1-5-8-9-10-11-12-16-21-28-24(4)32-30-23-27(25-19-14-13-15-20-25)22-29(31(28)30)26(17-6-2)18-7-3;2*1-2/h5-23,32H,2H2,1,3-4H3;2*1-2H3/b8-5+,10-9-,12-11-,18-7-,21-16-,26-17+;;. The van der Waals surface area contributed by atoms with Gasteiger partial charge in [-0.15, -0.1) is 0 Å². The Balaban J connectivity index is 0.00000154. The summed E-state index contributed by atoms with van der Waals surface area (Å²) in [6.07, 6.45) is 24.6. The first-order valence-corrected chi connectivity index (χ1v) is 13.0. The van der Waals surface area contributed by atoms with Crippen molar-refractivity contribution in [3.63, 3.8) is 0 Å². The summed E-state index contributed by atoms with van der Waals surface area (Å²) >= 11 is 0. The Morgan fingerprint density at radius 1 is 0.778 bits per heavy atom. The van der Waals surface area contributed by atoms with Gasteiger partial charge in [0.05, 0.1) is 0 Å². The normalized spacial score (nSPS) is 12.0. The summed E-state index contributed by atoms with van der Waals surface area (Å²) in [4.78, 5) is 3.61. The molecule has 0 bridgehead atoms. The van der Waals surface area contributed by atoms with Crippen LogP contribution in [0.2, 0.25) is 0 Å². The Kier molecular flexibility index (Phi) is 14.7. The van der Waals surface area contributed by atoms with Gasteiger partial charge < -0.3 is 4.98 Å². The van der Waals surface area contributed by atoms with E-state index in [2.05, 4.69) is 97.4 Å². The molecule has 0 saturated heterocycles. The molecule has 0 aliphatic heterocycles. The molecule has 0 amide bonds. The van der Waals surface area contributed by atoms with Gasteiger partial charge in [0.1, 0.15) is 0 Å². The van der Waals surface area contributed by atoms with E-state index in [4.69, 9.17) is 0 Å². The van der Waals surface area contributed by atoms with Crippen molar-refractivity contribution in [3.05, 3.63) is 133 Å². The number of benzene rings is 2. The lowest BCUT2D eigenvalue weighted by atomic mass is 9.93. The number of aryl methyl sites for hydroxylation is 1. The molecule has 0 atom stereocenters. The molecule has 3 rings (SSSR count). The minimum absolute atomic E-state index is 1.13. The fourth-order valence-corrected chi connectivity index (χ4v) is 3.78. The van der Waals surface area contributed by atoms with Crippen LogP contribution in [-0.4, -0.2) is 4.98 Å². The number of aromatic nitrogens is 1. The zero-order chi connectivity index (χ0) is 26.8. The van der Waals surface area contributed by atoms with Gasteiger partial charge >= 0.3 is 0 Å². The molecule has 1 nitrogen and oxygen atoms in total. The molecule has 36 heavy (non-hydrogen) atoms. The Bertz CT molecular complexity index is 1240. The van der Waals surface area contributed by atoms with Crippen molar-refractivity contribution >= 4 is 22.6 Å². The average molecular weight is 478 g/mol. The van der Waals surface area contributed by atoms with E-state index in [0.29, 0.717) is 0 Å². The topological polar surface area (TPSA) is 15.8 Å². The van der Waals surface area contributed by atoms with E-state index in [9.17, 15) is 0 Å². The first kappa shape index (κ1) is 30.2. The molecule has 2 aromatic carbocycles. The Hall–Kier alpha value is -3.84. The van der Waals surface area contributed by atoms with Crippen molar-refractivity contribution in [2.24, 2.45) is 0 Å². The Morgan fingerprint density at radius 3 is 2.03 bits per heavy atom. The molecule has 1 heterocycles. The number of aromatic amines is 1. The second-order valence-electron chi connectivity index (χ2n) is 7.49. The van der Waals surface area contributed by atoms with Crippen LogP contribution in [0.3, 0.4) is 0 Å². The average Bonchev–Trinajstić information content (AvgIpc) is 3.25. The summed E-state index contributed by atoms with van der Waals surface area (Å²) < 4.78 is 0. The maximum atomic E-state index is 3.94. The summed E-state index contributed by atoms with van der Waals surface area (Å²) in [5, 5.41) is 1.22. The molecule has 0 fully saturated rings. The van der Waals surface area contributed by atoms with Crippen molar-refractivity contribution in [1.29, 1.82) is 0 Å². The van der Waals surface area contributed by atoms with Crippen LogP contribution >= 0.6 is 0 Å². The van der Waals surface area contributed by atoms with E-state index in [0.717, 1.165) is 16.8 Å². The summed E-state index contributed by atoms with van der Waals surface area (Å²) in [5.74, 6) is 0. The van der Waals surface area contributed by atoms with E-state index in [-0.39, 0.29) is 0 Å². The maximum Gasteiger partial charge on any atom is 0.0474 e. The van der Waals surface area contributed by atoms with E-state index in [1.165, 1.54) is 27.6 Å². The molecule has 0 aliphatic carbocycles. The van der Waals surface area contributed by atoms with Gasteiger partial charge in [-0.1, -0.05) is 138 Å². The molecular weight excluding hydrogens is 434 g/mol. The summed E-state index contributed by atoms with van der Waals surface area (Å²) in [7, 11) is 0. The predicted octanol–water partition coefficient (Wildman–Crippen LogP) is 11.0. The number of fused-ring (bicyclic) bond motifs is 1. The van der Waals surface area contributed by atoms with Crippen LogP contribution in [0, 0.1) is 6.92 Å². The fourth-order valence-electron chi connectivity index (χ4n) is 3.78. The number of allylic oxidation sites excluding steroid dienone is 12. The van der Waals surface area contributed by atoms with Crippen molar-refractivity contribution in [2.75, 3.05) is 0 Å². The van der Waals surface area contributed by atoms with Crippen molar-refractivity contribution in [2.45, 2.75) is 48.5 Å². The second kappa shape index (κ2) is 17.6. The number of H-pyrrole nitrogens is 1. The van der Waals surface area contributed by atoms with Crippen LogP contribution in [0.4, 0.5) is 0 Å². The lowest BCUT2D eigenvalue weighted by Gasteiger charge is -2.11. The third kappa shape index (κ3) is 8.43. The van der Waals surface area contributed by atoms with Gasteiger partial charge in [-0.3, -0.25) is 0 Å². The molecule has 1 aromatic heterocycles. The largest absolute Gasteiger partial charge is 0.358 e. The molecule has 0 aliphatic rings. The molecule has 0 spiro atoms. The van der Waals surface area contributed by atoms with Crippen molar-refractivity contribution in [1.82, 2.24) is 4.98 Å². The highest BCUT2D eigenvalue weighted by Gasteiger charge is 2.14. The van der Waals surface area contributed by atoms with Crippen LogP contribution < -0.4 is 0 Å². The number of rotatable bonds is 8. The molecule has 1 N–H and O–H groups in total. The molecule has 0 radical (unpaired) electrons. The minimum atomic E-state index is 1.13. The zero-order valence-electron chi connectivity index (χ0n) is 23.2. The Morgan fingerprint density at radius 2 is 1.42 bits per heavy atom. The molecule has 0 saturated carbocycles. The van der Waals surface area contributed by atoms with Crippen LogP contribution in [0.5, 0.6) is 0 Å². The zero-order valence-corrected chi connectivity index (χ0v) is 23.2. The van der Waals surface area contributed by atoms with Crippen LogP contribution in [0.15, 0.2) is 116 Å². The number of hydrogen-bond acceptors (Lipinski definition) is 0. The van der Waals surface area contributed by atoms with Crippen LogP contribution in [-0.2, 0) is 0 Å². The van der Waals surface area contributed by atoms with Gasteiger partial charge in [-0.25, -0.2) is 0 Å². The fraction of sp³-hybridized carbons (Fsp3) is 0.200. The molecule has 188 valence electrons. The second-order valence-corrected chi connectivity index (χ2v) is 7.49. The SMILES string of the molecule is C=C/C=C(\C=C/C)c1cc(-c2ccccc2)cc2[nH]c(C)c(\C=C/C=C\C=C/C=C/C)c12.CC.CC. The van der Waals surface area contributed by atoms with E-state index >= 15 is 0 Å². The summed E-state index contributed by atoms with van der Waals surface area (Å²) in [6, 6.07) is 15.0. The van der Waals surface area contributed by atoms with Crippen LogP contribution in [0.25, 0.3) is 33.7 Å². The third-order valence-electron chi connectivity index (χ3n) is 5.21. The highest BCUT2D eigenvalue weighted by Crippen LogP contribution is 2.36. The van der Waals surface area contributed by atoms with E-state index in [1.54, 1.807) is 0 Å². The van der Waals surface area contributed by atoms with Gasteiger partial charge in [0.2, 0.25) is 0 Å². The lowest BCUT2D eigenvalue weighted by Crippen LogP contribution is -1.88. The third-order valence-corrected chi connectivity index (χ3v) is 5.21. The minimum Gasteiger partial charge on any atom is -0.358 e. The smallest absolute Gasteiger partial charge is 0.0474 e. The van der Waals surface area contributed by atoms with E-state index in [1.807, 2.05) is 78.0 Å². The highest BCUT2D eigenvalue weighted by atomic mass is 14.7. The molecular formula is C35H43N. The van der Waals surface area contributed by atoms with Gasteiger partial charge in [0.25, 0.3) is 0 Å². The maximum absolute atomic E-state index is 3.94. The first-order chi connectivity index (χ1) is 17.7. The Labute approximate surface area is 219 Å². The lowest BCUT2D eigenvalue weighted by molar-refractivity contribution is 1.29. The number of hydrogen-bond donors (Lipinski definition) is 1. The van der Waals surface area contributed by atoms with Crippen LogP contribution in [0.1, 0.15) is 58.4 Å². The number of nitrogens with one attached hydrogen (secondary N) is 1. The van der Waals surface area contributed by atoms with Gasteiger partial charge in [0, 0.05) is 22.2 Å². The monoisotopic (exact) mass is 477 g/mol. The van der Waals surface area contributed by atoms with Crippen molar-refractivity contribution in [3.8, 4) is 11.1 Å². The molecule has 3 aromatic rings. The van der Waals surface area contributed by atoms with E-state index < -0.39 is 0 Å². The predicted molar refractivity (Wildman–Crippen MR) is 166 cm³/mol. The highest BCUT2D eigenvalue weighted by molar-refractivity contribution is 6.03. The quantitative estimate of drug-likeness (QED) is 0.310. The van der Waals surface area contributed by atoms with Gasteiger partial charge in [-0.2, -0.15) is 0 Å². The van der Waals surface area contributed by atoms with Gasteiger partial charge in [0.15, 0.2) is 0 Å². The molecule has 0 unspecified atom stereocenters. The van der Waals surface area contributed by atoms with Gasteiger partial charge in [-0.05, 0) is 55.2 Å². The summed E-state index contributed by atoms with van der Waals surface area (Å²) in [6.45, 7) is 18.1. The van der Waals surface area contributed by atoms with Crippen molar-refractivity contribution < 1.29 is 0 Å².